The van der Waals surface area contributed by atoms with Gasteiger partial charge in [0.2, 0.25) is 0 Å². The molecule has 1 unspecified atom stereocenters. The maximum absolute atomic E-state index is 12.5. The zero-order chi connectivity index (χ0) is 15.3. The molecular weight excluding hydrogens is 277 g/mol. The molecule has 21 heavy (non-hydrogen) atoms. The highest BCUT2D eigenvalue weighted by Gasteiger charge is 2.30. The van der Waals surface area contributed by atoms with Gasteiger partial charge < -0.3 is 0 Å². The van der Waals surface area contributed by atoms with E-state index in [1.807, 2.05) is 30.3 Å². The molecule has 5 heteroatoms. The number of hydrogen-bond donors (Lipinski definition) is 1. The van der Waals surface area contributed by atoms with Gasteiger partial charge in [-0.15, -0.1) is 0 Å². The summed E-state index contributed by atoms with van der Waals surface area (Å²) in [6, 6.07) is 15.5. The average Bonchev–Trinajstić information content (AvgIpc) is 2.48. The minimum Gasteiger partial charge on any atom is -0.294 e. The van der Waals surface area contributed by atoms with Crippen molar-refractivity contribution in [3.8, 4) is 6.07 Å². The van der Waals surface area contributed by atoms with Crippen LogP contribution in [-0.2, 0) is 12.7 Å². The predicted molar refractivity (Wildman–Crippen MR) is 73.1 cm³/mol. The molecule has 0 heterocycles. The first-order valence-electron chi connectivity index (χ1n) is 6.35. The lowest BCUT2D eigenvalue weighted by Gasteiger charge is -2.13. The van der Waals surface area contributed by atoms with Crippen molar-refractivity contribution in [3.05, 3.63) is 71.3 Å². The van der Waals surface area contributed by atoms with Crippen molar-refractivity contribution in [1.29, 1.82) is 5.26 Å². The van der Waals surface area contributed by atoms with Gasteiger partial charge >= 0.3 is 6.18 Å². The van der Waals surface area contributed by atoms with Gasteiger partial charge in [0.15, 0.2) is 0 Å². The Hall–Kier alpha value is -2.32. The van der Waals surface area contributed by atoms with Crippen LogP contribution in [0.15, 0.2) is 54.6 Å². The predicted octanol–water partition coefficient (Wildman–Crippen LogP) is 4.06. The third-order valence-corrected chi connectivity index (χ3v) is 3.05. The Kier molecular flexibility index (Phi) is 4.61. The van der Waals surface area contributed by atoms with E-state index in [0.717, 1.165) is 17.7 Å². The monoisotopic (exact) mass is 290 g/mol. The molecule has 0 saturated carbocycles. The summed E-state index contributed by atoms with van der Waals surface area (Å²) in [5.41, 5.74) is 0.803. The molecule has 1 atom stereocenters. The van der Waals surface area contributed by atoms with Crippen LogP contribution in [0.3, 0.4) is 0 Å². The Balaban J connectivity index is 2.06. The Bertz CT molecular complexity index is 613. The van der Waals surface area contributed by atoms with Crippen molar-refractivity contribution in [2.75, 3.05) is 0 Å². The Morgan fingerprint density at radius 2 is 1.62 bits per heavy atom. The fourth-order valence-electron chi connectivity index (χ4n) is 1.92. The molecule has 0 bridgehead atoms. The zero-order valence-corrected chi connectivity index (χ0v) is 11.1. The topological polar surface area (TPSA) is 35.8 Å². The summed E-state index contributed by atoms with van der Waals surface area (Å²) in [5.74, 6) is 0. The van der Waals surface area contributed by atoms with E-state index in [2.05, 4.69) is 11.4 Å². The van der Waals surface area contributed by atoms with Crippen LogP contribution in [0.1, 0.15) is 22.7 Å². The first-order valence-corrected chi connectivity index (χ1v) is 6.35. The van der Waals surface area contributed by atoms with Gasteiger partial charge in [0, 0.05) is 6.54 Å². The van der Waals surface area contributed by atoms with E-state index >= 15 is 0 Å². The highest BCUT2D eigenvalue weighted by molar-refractivity contribution is 5.30. The van der Waals surface area contributed by atoms with E-state index in [0.29, 0.717) is 12.1 Å². The van der Waals surface area contributed by atoms with Crippen LogP contribution < -0.4 is 5.32 Å². The summed E-state index contributed by atoms with van der Waals surface area (Å²) >= 11 is 0. The van der Waals surface area contributed by atoms with Gasteiger partial charge in [-0.25, -0.2) is 0 Å². The Labute approximate surface area is 120 Å². The minimum atomic E-state index is -4.36. The lowest BCUT2D eigenvalue weighted by atomic mass is 10.1. The third-order valence-electron chi connectivity index (χ3n) is 3.05. The molecule has 0 aliphatic heterocycles. The van der Waals surface area contributed by atoms with Crippen LogP contribution in [0.25, 0.3) is 0 Å². The molecule has 0 spiro atoms. The van der Waals surface area contributed by atoms with E-state index in [1.165, 1.54) is 12.1 Å². The molecular formula is C16H13F3N2. The normalized spacial score (nSPS) is 12.7. The zero-order valence-electron chi connectivity index (χ0n) is 11.1. The van der Waals surface area contributed by atoms with Crippen LogP contribution in [0.4, 0.5) is 13.2 Å². The lowest BCUT2D eigenvalue weighted by molar-refractivity contribution is -0.137. The maximum Gasteiger partial charge on any atom is 0.416 e. The molecule has 2 rings (SSSR count). The van der Waals surface area contributed by atoms with Crippen LogP contribution in [0.2, 0.25) is 0 Å². The van der Waals surface area contributed by atoms with E-state index in [1.54, 1.807) is 0 Å². The molecule has 1 N–H and O–H groups in total. The number of nitriles is 1. The standard InChI is InChI=1S/C16H13F3N2/c17-16(18,19)14-8-6-13(7-9-14)15(10-20)21-11-12-4-2-1-3-5-12/h1-9,15,21H,11H2. The number of nitrogens with zero attached hydrogens (tertiary/aromatic N) is 1. The molecule has 0 fully saturated rings. The summed E-state index contributed by atoms with van der Waals surface area (Å²) in [6.07, 6.45) is -4.36. The van der Waals surface area contributed by atoms with Crippen LogP contribution >= 0.6 is 0 Å². The van der Waals surface area contributed by atoms with E-state index in [-0.39, 0.29) is 0 Å². The third kappa shape index (κ3) is 4.07. The quantitative estimate of drug-likeness (QED) is 0.921. The van der Waals surface area contributed by atoms with Gasteiger partial charge in [-0.3, -0.25) is 5.32 Å². The highest BCUT2D eigenvalue weighted by atomic mass is 19.4. The van der Waals surface area contributed by atoms with Gasteiger partial charge in [0.1, 0.15) is 6.04 Å². The number of halogens is 3. The number of hydrogen-bond acceptors (Lipinski definition) is 2. The molecule has 0 aliphatic rings. The Morgan fingerprint density at radius 3 is 2.14 bits per heavy atom. The molecule has 2 aromatic carbocycles. The van der Waals surface area contributed by atoms with Crippen molar-refractivity contribution < 1.29 is 13.2 Å². The van der Waals surface area contributed by atoms with Crippen molar-refractivity contribution in [3.63, 3.8) is 0 Å². The van der Waals surface area contributed by atoms with Crippen LogP contribution in [0, 0.1) is 11.3 Å². The van der Waals surface area contributed by atoms with Crippen LogP contribution in [-0.4, -0.2) is 0 Å². The fraction of sp³-hybridized carbons (Fsp3) is 0.188. The summed E-state index contributed by atoms with van der Waals surface area (Å²) < 4.78 is 37.5. The van der Waals surface area contributed by atoms with E-state index < -0.39 is 17.8 Å². The molecule has 2 aromatic rings. The van der Waals surface area contributed by atoms with Crippen molar-refractivity contribution in [2.24, 2.45) is 0 Å². The van der Waals surface area contributed by atoms with Crippen molar-refractivity contribution >= 4 is 0 Å². The number of benzene rings is 2. The SMILES string of the molecule is N#CC(NCc1ccccc1)c1ccc(C(F)(F)F)cc1. The lowest BCUT2D eigenvalue weighted by Crippen LogP contribution is -2.19. The summed E-state index contributed by atoms with van der Waals surface area (Å²) in [4.78, 5) is 0. The van der Waals surface area contributed by atoms with Gasteiger partial charge in [0.25, 0.3) is 0 Å². The second-order valence-electron chi connectivity index (χ2n) is 4.55. The van der Waals surface area contributed by atoms with Crippen molar-refractivity contribution in [2.45, 2.75) is 18.8 Å². The van der Waals surface area contributed by atoms with E-state index in [9.17, 15) is 13.2 Å². The highest BCUT2D eigenvalue weighted by Crippen LogP contribution is 2.29. The number of alkyl halides is 3. The summed E-state index contributed by atoms with van der Waals surface area (Å²) in [7, 11) is 0. The van der Waals surface area contributed by atoms with Gasteiger partial charge in [-0.1, -0.05) is 42.5 Å². The first kappa shape index (κ1) is 15.1. The van der Waals surface area contributed by atoms with Gasteiger partial charge in [0.05, 0.1) is 11.6 Å². The average molecular weight is 290 g/mol. The van der Waals surface area contributed by atoms with Crippen LogP contribution in [0.5, 0.6) is 0 Å². The molecule has 2 nitrogen and oxygen atoms in total. The molecule has 0 aromatic heterocycles. The van der Waals surface area contributed by atoms with Gasteiger partial charge in [-0.2, -0.15) is 18.4 Å². The molecule has 108 valence electrons. The molecule has 0 aliphatic carbocycles. The smallest absolute Gasteiger partial charge is 0.294 e. The second kappa shape index (κ2) is 6.42. The van der Waals surface area contributed by atoms with Crippen molar-refractivity contribution in [1.82, 2.24) is 5.32 Å². The van der Waals surface area contributed by atoms with Gasteiger partial charge in [-0.05, 0) is 23.3 Å². The van der Waals surface area contributed by atoms with E-state index in [4.69, 9.17) is 5.26 Å². The molecule has 0 radical (unpaired) electrons. The summed E-state index contributed by atoms with van der Waals surface area (Å²) in [5, 5.41) is 12.2. The minimum absolute atomic E-state index is 0.472. The molecule has 0 saturated heterocycles. The second-order valence-corrected chi connectivity index (χ2v) is 4.55. The number of nitrogens with one attached hydrogen (secondary N) is 1. The summed E-state index contributed by atoms with van der Waals surface area (Å²) in [6.45, 7) is 0.472. The largest absolute Gasteiger partial charge is 0.416 e. The Morgan fingerprint density at radius 1 is 1.00 bits per heavy atom. The first-order chi connectivity index (χ1) is 10.0. The maximum atomic E-state index is 12.5. The molecule has 0 amide bonds. The fourth-order valence-corrected chi connectivity index (χ4v) is 1.92. The number of rotatable bonds is 4.